The normalized spacial score (nSPS) is 11.9. The first-order valence-corrected chi connectivity index (χ1v) is 8.10. The zero-order valence-electron chi connectivity index (χ0n) is 12.6. The summed E-state index contributed by atoms with van der Waals surface area (Å²) in [6.07, 6.45) is 1.65. The van der Waals surface area contributed by atoms with Crippen molar-refractivity contribution in [1.82, 2.24) is 14.8 Å². The topological polar surface area (TPSA) is 59.8 Å². The largest absolute Gasteiger partial charge is 0.325 e. The van der Waals surface area contributed by atoms with Gasteiger partial charge in [-0.3, -0.25) is 4.79 Å². The fourth-order valence-electron chi connectivity index (χ4n) is 1.98. The number of amides is 1. The maximum atomic E-state index is 12.2. The zero-order chi connectivity index (χ0) is 16.1. The first-order valence-electron chi connectivity index (χ1n) is 7.22. The van der Waals surface area contributed by atoms with E-state index in [2.05, 4.69) is 15.4 Å². The van der Waals surface area contributed by atoms with Gasteiger partial charge in [0.1, 0.15) is 6.33 Å². The van der Waals surface area contributed by atoms with Gasteiger partial charge in [0.2, 0.25) is 11.1 Å². The van der Waals surface area contributed by atoms with E-state index in [9.17, 15) is 4.79 Å². The van der Waals surface area contributed by atoms with Gasteiger partial charge in [0.15, 0.2) is 0 Å². The highest BCUT2D eigenvalue weighted by Gasteiger charge is 2.17. The molecule has 1 heterocycles. The number of rotatable bonds is 5. The molecule has 0 saturated carbocycles. The molecule has 3 aromatic rings. The number of para-hydroxylation sites is 2. The lowest BCUT2D eigenvalue weighted by atomic mass is 10.3. The van der Waals surface area contributed by atoms with E-state index in [1.165, 1.54) is 11.8 Å². The maximum absolute atomic E-state index is 12.2. The number of hydrogen-bond acceptors (Lipinski definition) is 4. The molecule has 1 N–H and O–H groups in total. The van der Waals surface area contributed by atoms with E-state index in [4.69, 9.17) is 0 Å². The average molecular weight is 324 g/mol. The van der Waals surface area contributed by atoms with Crippen LogP contribution in [-0.2, 0) is 4.79 Å². The Kier molecular flexibility index (Phi) is 4.73. The number of carbonyl (C=O) groups excluding carboxylic acids is 1. The molecule has 0 aliphatic heterocycles. The SMILES string of the molecule is C[C@H](Sc1ncn(-c2ccccc2)n1)C(=O)Nc1ccccc1. The highest BCUT2D eigenvalue weighted by Crippen LogP contribution is 2.21. The highest BCUT2D eigenvalue weighted by atomic mass is 32.2. The predicted molar refractivity (Wildman–Crippen MR) is 91.7 cm³/mol. The first kappa shape index (κ1) is 15.3. The first-order chi connectivity index (χ1) is 11.2. The maximum Gasteiger partial charge on any atom is 0.237 e. The van der Waals surface area contributed by atoms with Crippen molar-refractivity contribution in [3.8, 4) is 5.69 Å². The molecule has 1 atom stereocenters. The Labute approximate surface area is 138 Å². The summed E-state index contributed by atoms with van der Waals surface area (Å²) in [5.74, 6) is -0.0720. The molecule has 0 unspecified atom stereocenters. The minimum atomic E-state index is -0.290. The summed E-state index contributed by atoms with van der Waals surface area (Å²) < 4.78 is 1.70. The Bertz CT molecular complexity index is 774. The molecule has 2 aromatic carbocycles. The van der Waals surface area contributed by atoms with Gasteiger partial charge in [0.05, 0.1) is 10.9 Å². The van der Waals surface area contributed by atoms with Gasteiger partial charge in [-0.25, -0.2) is 9.67 Å². The molecule has 0 radical (unpaired) electrons. The van der Waals surface area contributed by atoms with E-state index in [-0.39, 0.29) is 11.2 Å². The van der Waals surface area contributed by atoms with Crippen LogP contribution in [0.5, 0.6) is 0 Å². The number of carbonyl (C=O) groups is 1. The van der Waals surface area contributed by atoms with Gasteiger partial charge >= 0.3 is 0 Å². The van der Waals surface area contributed by atoms with Crippen molar-refractivity contribution in [2.24, 2.45) is 0 Å². The Balaban J connectivity index is 1.63. The van der Waals surface area contributed by atoms with Gasteiger partial charge in [-0.05, 0) is 31.2 Å². The van der Waals surface area contributed by atoms with Crippen molar-refractivity contribution in [2.45, 2.75) is 17.3 Å². The molecule has 23 heavy (non-hydrogen) atoms. The van der Waals surface area contributed by atoms with Crippen LogP contribution in [0.25, 0.3) is 5.69 Å². The number of aromatic nitrogens is 3. The Morgan fingerprint density at radius 2 is 1.74 bits per heavy atom. The van der Waals surface area contributed by atoms with Gasteiger partial charge < -0.3 is 5.32 Å². The van der Waals surface area contributed by atoms with Crippen LogP contribution in [0.1, 0.15) is 6.92 Å². The summed E-state index contributed by atoms with van der Waals surface area (Å²) in [5, 5.41) is 7.56. The van der Waals surface area contributed by atoms with E-state index in [1.807, 2.05) is 67.6 Å². The Hall–Kier alpha value is -2.60. The Morgan fingerprint density at radius 1 is 1.09 bits per heavy atom. The van der Waals surface area contributed by atoms with Gasteiger partial charge in [-0.2, -0.15) is 0 Å². The van der Waals surface area contributed by atoms with Crippen LogP contribution in [0, 0.1) is 0 Å². The number of nitrogens with zero attached hydrogens (tertiary/aromatic N) is 3. The Morgan fingerprint density at radius 3 is 2.43 bits per heavy atom. The van der Waals surface area contributed by atoms with Crippen LogP contribution < -0.4 is 5.32 Å². The molecule has 0 bridgehead atoms. The fourth-order valence-corrected chi connectivity index (χ4v) is 2.71. The molecular formula is C17H16N4OS. The van der Waals surface area contributed by atoms with Crippen molar-refractivity contribution in [2.75, 3.05) is 5.32 Å². The van der Waals surface area contributed by atoms with Gasteiger partial charge in [-0.15, -0.1) is 5.10 Å². The summed E-state index contributed by atoms with van der Waals surface area (Å²) in [6, 6.07) is 19.1. The molecular weight excluding hydrogens is 308 g/mol. The van der Waals surface area contributed by atoms with E-state index < -0.39 is 0 Å². The number of benzene rings is 2. The minimum absolute atomic E-state index is 0.0720. The highest BCUT2D eigenvalue weighted by molar-refractivity contribution is 8.00. The third kappa shape index (κ3) is 3.98. The molecule has 0 spiro atoms. The van der Waals surface area contributed by atoms with Gasteiger partial charge in [-0.1, -0.05) is 48.2 Å². The second-order valence-electron chi connectivity index (χ2n) is 4.92. The summed E-state index contributed by atoms with van der Waals surface area (Å²) in [7, 11) is 0. The van der Waals surface area contributed by atoms with Gasteiger partial charge in [0, 0.05) is 5.69 Å². The van der Waals surface area contributed by atoms with Gasteiger partial charge in [0.25, 0.3) is 0 Å². The van der Waals surface area contributed by atoms with Crippen LogP contribution >= 0.6 is 11.8 Å². The molecule has 1 amide bonds. The van der Waals surface area contributed by atoms with E-state index in [0.29, 0.717) is 5.16 Å². The summed E-state index contributed by atoms with van der Waals surface area (Å²) in [6.45, 7) is 1.84. The monoisotopic (exact) mass is 324 g/mol. The van der Waals surface area contributed by atoms with Crippen LogP contribution in [0.4, 0.5) is 5.69 Å². The number of nitrogens with one attached hydrogen (secondary N) is 1. The van der Waals surface area contributed by atoms with Crippen molar-refractivity contribution in [3.05, 3.63) is 67.0 Å². The van der Waals surface area contributed by atoms with Crippen LogP contribution in [0.2, 0.25) is 0 Å². The molecule has 6 heteroatoms. The molecule has 3 rings (SSSR count). The van der Waals surface area contributed by atoms with Crippen molar-refractivity contribution in [1.29, 1.82) is 0 Å². The number of hydrogen-bond donors (Lipinski definition) is 1. The predicted octanol–water partition coefficient (Wildman–Crippen LogP) is 3.39. The molecule has 5 nitrogen and oxygen atoms in total. The lowest BCUT2D eigenvalue weighted by molar-refractivity contribution is -0.115. The summed E-state index contributed by atoms with van der Waals surface area (Å²) in [5.41, 5.74) is 1.72. The second kappa shape index (κ2) is 7.11. The smallest absolute Gasteiger partial charge is 0.237 e. The van der Waals surface area contributed by atoms with E-state index in [1.54, 1.807) is 11.0 Å². The van der Waals surface area contributed by atoms with Crippen molar-refractivity contribution >= 4 is 23.4 Å². The summed E-state index contributed by atoms with van der Waals surface area (Å²) >= 11 is 1.33. The fraction of sp³-hybridized carbons (Fsp3) is 0.118. The third-order valence-electron chi connectivity index (χ3n) is 3.18. The quantitative estimate of drug-likeness (QED) is 0.731. The van der Waals surface area contributed by atoms with Crippen LogP contribution in [-0.4, -0.2) is 25.9 Å². The lowest BCUT2D eigenvalue weighted by Crippen LogP contribution is -2.22. The standard InChI is InChI=1S/C17H16N4OS/c1-13(16(22)19-14-8-4-2-5-9-14)23-17-18-12-21(20-17)15-10-6-3-7-11-15/h2-13H,1H3,(H,19,22)/t13-/m0/s1. The molecule has 0 aliphatic rings. The average Bonchev–Trinajstić information content (AvgIpc) is 3.05. The third-order valence-corrected chi connectivity index (χ3v) is 4.15. The lowest BCUT2D eigenvalue weighted by Gasteiger charge is -2.09. The minimum Gasteiger partial charge on any atom is -0.325 e. The van der Waals surface area contributed by atoms with Crippen molar-refractivity contribution in [3.63, 3.8) is 0 Å². The number of thioether (sulfide) groups is 1. The summed E-state index contributed by atoms with van der Waals surface area (Å²) in [4.78, 5) is 16.5. The number of anilines is 1. The van der Waals surface area contributed by atoms with Crippen molar-refractivity contribution < 1.29 is 4.79 Å². The molecule has 0 fully saturated rings. The molecule has 116 valence electrons. The molecule has 0 saturated heterocycles. The molecule has 1 aromatic heterocycles. The zero-order valence-corrected chi connectivity index (χ0v) is 13.4. The van der Waals surface area contributed by atoms with E-state index in [0.717, 1.165) is 11.4 Å². The van der Waals surface area contributed by atoms with Crippen LogP contribution in [0.15, 0.2) is 72.1 Å². The van der Waals surface area contributed by atoms with Crippen LogP contribution in [0.3, 0.4) is 0 Å². The second-order valence-corrected chi connectivity index (χ2v) is 6.23. The van der Waals surface area contributed by atoms with E-state index >= 15 is 0 Å². The molecule has 0 aliphatic carbocycles.